The molecule has 0 bridgehead atoms. The third-order valence-corrected chi connectivity index (χ3v) is 12.9. The van der Waals surface area contributed by atoms with Crippen LogP contribution in [0.3, 0.4) is 0 Å². The molecular weight excluding hydrogens is 556 g/mol. The molecule has 44 heavy (non-hydrogen) atoms. The lowest BCUT2D eigenvalue weighted by atomic mass is 9.34. The van der Waals surface area contributed by atoms with Crippen molar-refractivity contribution in [2.24, 2.45) is 44.8 Å². The highest BCUT2D eigenvalue weighted by molar-refractivity contribution is 6.07. The van der Waals surface area contributed by atoms with Crippen LogP contribution in [0.4, 0.5) is 4.79 Å². The van der Waals surface area contributed by atoms with E-state index >= 15 is 0 Å². The van der Waals surface area contributed by atoms with Gasteiger partial charge in [-0.1, -0.05) is 46.3 Å². The van der Waals surface area contributed by atoms with Gasteiger partial charge in [0.25, 0.3) is 0 Å². The number of nitrogens with zero attached hydrogens (tertiary/aromatic N) is 1. The van der Waals surface area contributed by atoms with E-state index in [1.165, 1.54) is 7.11 Å². The van der Waals surface area contributed by atoms with E-state index < -0.39 is 44.7 Å². The topological polar surface area (TPSA) is 103 Å². The molecule has 3 fully saturated rings. The van der Waals surface area contributed by atoms with Crippen LogP contribution in [-0.2, 0) is 23.9 Å². The summed E-state index contributed by atoms with van der Waals surface area (Å²) in [6.45, 7) is 25.9. The Morgan fingerprint density at radius 2 is 1.64 bits per heavy atom. The molecular formula is C36H50N2O6. The number of Topliss-reactive ketones (excluding diaryl/α,β-unsaturated/α-hetero) is 1. The molecule has 0 aromatic heterocycles. The van der Waals surface area contributed by atoms with Crippen molar-refractivity contribution >= 4 is 23.6 Å². The minimum absolute atomic E-state index is 0.00139. The predicted octanol–water partition coefficient (Wildman–Crippen LogP) is 6.99. The van der Waals surface area contributed by atoms with Crippen molar-refractivity contribution in [1.29, 1.82) is 0 Å². The third-order valence-electron chi connectivity index (χ3n) is 12.9. The second-order valence-electron chi connectivity index (χ2n) is 17.0. The van der Waals surface area contributed by atoms with E-state index in [1.54, 1.807) is 39.8 Å². The lowest BCUT2D eigenvalue weighted by Gasteiger charge is -2.68. The van der Waals surface area contributed by atoms with Crippen LogP contribution in [0.5, 0.6) is 0 Å². The first-order valence-electron chi connectivity index (χ1n) is 16.2. The highest BCUT2D eigenvalue weighted by Gasteiger charge is 2.71. The number of carbonyl (C=O) groups excluding carboxylic acids is 4. The number of ketones is 2. The minimum atomic E-state index is -1.39. The van der Waals surface area contributed by atoms with Gasteiger partial charge in [0.1, 0.15) is 5.60 Å². The van der Waals surface area contributed by atoms with Crippen LogP contribution in [0.25, 0.3) is 4.85 Å². The summed E-state index contributed by atoms with van der Waals surface area (Å²) in [4.78, 5) is 58.7. The molecule has 0 radical (unpaired) electrons. The average molecular weight is 607 g/mol. The Balaban J connectivity index is 1.65. The van der Waals surface area contributed by atoms with Crippen molar-refractivity contribution in [3.8, 4) is 0 Å². The Kier molecular flexibility index (Phi) is 7.21. The first-order valence-corrected chi connectivity index (χ1v) is 16.2. The Morgan fingerprint density at radius 1 is 1.00 bits per heavy atom. The van der Waals surface area contributed by atoms with Crippen LogP contribution in [0.2, 0.25) is 0 Å². The molecule has 0 saturated heterocycles. The zero-order chi connectivity index (χ0) is 32.9. The van der Waals surface area contributed by atoms with Crippen molar-refractivity contribution in [1.82, 2.24) is 5.32 Å². The van der Waals surface area contributed by atoms with Gasteiger partial charge in [-0.3, -0.25) is 9.59 Å². The van der Waals surface area contributed by atoms with Crippen molar-refractivity contribution in [3.05, 3.63) is 34.8 Å². The van der Waals surface area contributed by atoms with Crippen LogP contribution in [0, 0.1) is 51.4 Å². The summed E-state index contributed by atoms with van der Waals surface area (Å²) < 4.78 is 11.0. The summed E-state index contributed by atoms with van der Waals surface area (Å²) >= 11 is 0. The van der Waals surface area contributed by atoms with Crippen molar-refractivity contribution in [2.45, 2.75) is 118 Å². The van der Waals surface area contributed by atoms with E-state index in [1.807, 2.05) is 6.92 Å². The number of nitrogens with one attached hydrogen (secondary N) is 1. The van der Waals surface area contributed by atoms with E-state index in [0.29, 0.717) is 25.7 Å². The summed E-state index contributed by atoms with van der Waals surface area (Å²) in [5.41, 5.74) is -3.64. The zero-order valence-electron chi connectivity index (χ0n) is 28.2. The molecule has 240 valence electrons. The van der Waals surface area contributed by atoms with Gasteiger partial charge in [0.15, 0.2) is 11.6 Å². The van der Waals surface area contributed by atoms with Gasteiger partial charge >= 0.3 is 12.1 Å². The summed E-state index contributed by atoms with van der Waals surface area (Å²) in [5.74, 6) is -1.46. The van der Waals surface area contributed by atoms with E-state index in [2.05, 4.69) is 37.9 Å². The SMILES string of the molecule is [C-]#[N+]C1=C[C@]2(C)C3=CC(=O)[C@@H]4[C@@H]5CC(C)(C)CC[C@]5(C(=O)OC)CC[C@@]4(C)[C@]3(C)CC[C@H]2[C@](C)(NC(=O)OC(C)(C)C)C1=O. The number of amides is 1. The molecule has 0 spiro atoms. The Morgan fingerprint density at radius 3 is 2.23 bits per heavy atom. The van der Waals surface area contributed by atoms with Gasteiger partial charge in [0, 0.05) is 11.3 Å². The Hall–Kier alpha value is -2.95. The largest absolute Gasteiger partial charge is 0.469 e. The van der Waals surface area contributed by atoms with Crippen LogP contribution in [0.1, 0.15) is 107 Å². The van der Waals surface area contributed by atoms with Gasteiger partial charge in [-0.05, 0) is 107 Å². The molecule has 8 heteroatoms. The molecule has 0 heterocycles. The molecule has 0 aromatic rings. The maximum atomic E-state index is 14.6. The smallest absolute Gasteiger partial charge is 0.408 e. The molecule has 5 rings (SSSR count). The maximum Gasteiger partial charge on any atom is 0.408 e. The monoisotopic (exact) mass is 606 g/mol. The average Bonchev–Trinajstić information content (AvgIpc) is 2.90. The van der Waals surface area contributed by atoms with E-state index in [4.69, 9.17) is 16.0 Å². The first kappa shape index (κ1) is 32.4. The van der Waals surface area contributed by atoms with Crippen molar-refractivity contribution < 1.29 is 28.7 Å². The molecule has 0 unspecified atom stereocenters. The third kappa shape index (κ3) is 4.35. The number of esters is 1. The van der Waals surface area contributed by atoms with Gasteiger partial charge < -0.3 is 19.6 Å². The van der Waals surface area contributed by atoms with E-state index in [0.717, 1.165) is 24.8 Å². The van der Waals surface area contributed by atoms with Gasteiger partial charge in [-0.25, -0.2) is 9.64 Å². The highest BCUT2D eigenvalue weighted by Crippen LogP contribution is 2.74. The summed E-state index contributed by atoms with van der Waals surface area (Å²) in [6.07, 6.45) is 7.96. The molecule has 5 aliphatic rings. The number of rotatable bonds is 2. The summed E-state index contributed by atoms with van der Waals surface area (Å²) in [6, 6.07) is 0. The van der Waals surface area contributed by atoms with E-state index in [-0.39, 0.29) is 40.6 Å². The minimum Gasteiger partial charge on any atom is -0.469 e. The molecule has 3 saturated carbocycles. The quantitative estimate of drug-likeness (QED) is 0.269. The normalized spacial score (nSPS) is 42.6. The standard InChI is InChI=1S/C36H50N2O6/c1-30(2,3)44-29(42)38-35(9)24-12-13-33(7)25(32(24,6)20-22(37-10)27(35)40)18-23(39)26-21-19-31(4,5)14-16-36(21,28(41)43-11)17-15-34(26,33)8/h18,20-21,24,26H,12-17,19H2,1-9,11H3,(H,38,42)/t21-,24+,26-,32-,33+,34+,35-,36-/m0/s1. The highest BCUT2D eigenvalue weighted by atomic mass is 16.6. The van der Waals surface area contributed by atoms with Gasteiger partial charge in [0.05, 0.1) is 24.6 Å². The summed E-state index contributed by atoms with van der Waals surface area (Å²) in [7, 11) is 1.46. The molecule has 1 amide bonds. The Bertz CT molecular complexity index is 1430. The fourth-order valence-corrected chi connectivity index (χ4v) is 10.5. The van der Waals surface area contributed by atoms with Crippen LogP contribution >= 0.6 is 0 Å². The Labute approximate surface area is 262 Å². The van der Waals surface area contributed by atoms with Gasteiger partial charge in [-0.15, -0.1) is 0 Å². The number of fused-ring (bicyclic) bond motifs is 7. The number of alkyl carbamates (subject to hydrolysis) is 1. The first-order chi connectivity index (χ1) is 20.1. The molecule has 8 nitrogen and oxygen atoms in total. The lowest BCUT2D eigenvalue weighted by molar-refractivity contribution is -0.190. The lowest BCUT2D eigenvalue weighted by Crippen LogP contribution is -2.69. The second kappa shape index (κ2) is 9.77. The maximum absolute atomic E-state index is 14.6. The fraction of sp³-hybridized carbons (Fsp3) is 0.750. The molecule has 1 N–H and O–H groups in total. The summed E-state index contributed by atoms with van der Waals surface area (Å²) in [5, 5.41) is 2.89. The zero-order valence-corrected chi connectivity index (χ0v) is 28.2. The van der Waals surface area contributed by atoms with Crippen LogP contribution < -0.4 is 5.32 Å². The number of carbonyl (C=O) groups is 4. The molecule has 0 aromatic carbocycles. The van der Waals surface area contributed by atoms with Crippen LogP contribution in [-0.4, -0.2) is 41.9 Å². The predicted molar refractivity (Wildman–Crippen MR) is 166 cm³/mol. The molecule has 8 atom stereocenters. The fourth-order valence-electron chi connectivity index (χ4n) is 10.5. The molecule has 5 aliphatic carbocycles. The van der Waals surface area contributed by atoms with Gasteiger partial charge in [-0.2, -0.15) is 0 Å². The number of ether oxygens (including phenoxy) is 2. The van der Waals surface area contributed by atoms with Crippen molar-refractivity contribution in [3.63, 3.8) is 0 Å². The van der Waals surface area contributed by atoms with E-state index in [9.17, 15) is 19.2 Å². The number of hydrogen-bond donors (Lipinski definition) is 1. The van der Waals surface area contributed by atoms with Crippen LogP contribution in [0.15, 0.2) is 23.4 Å². The number of methoxy groups -OCH3 is 1. The van der Waals surface area contributed by atoms with Crippen molar-refractivity contribution in [2.75, 3.05) is 7.11 Å². The second-order valence-corrected chi connectivity index (χ2v) is 17.0. The van der Waals surface area contributed by atoms with Gasteiger partial charge in [0.2, 0.25) is 5.70 Å². The number of hydrogen-bond acceptors (Lipinski definition) is 6. The molecule has 0 aliphatic heterocycles. The number of allylic oxidation sites excluding steroid dienone is 3.